The molecule has 0 saturated carbocycles. The van der Waals surface area contributed by atoms with E-state index in [1.807, 2.05) is 6.07 Å². The molecule has 2 aromatic carbocycles. The minimum absolute atomic E-state index is 0.245. The van der Waals surface area contributed by atoms with Gasteiger partial charge in [0.25, 0.3) is 5.91 Å². The lowest BCUT2D eigenvalue weighted by atomic mass is 10.2. The van der Waals surface area contributed by atoms with Gasteiger partial charge in [0, 0.05) is 37.4 Å². The fraction of sp³-hybridized carbons (Fsp3) is 0.190. The molecular formula is C21H22FN7O. The molecule has 1 saturated heterocycles. The maximum absolute atomic E-state index is 13.1. The molecule has 1 amide bonds. The van der Waals surface area contributed by atoms with Gasteiger partial charge >= 0.3 is 0 Å². The third kappa shape index (κ3) is 4.24. The Bertz CT molecular complexity index is 1010. The number of rotatable bonds is 5. The van der Waals surface area contributed by atoms with Crippen molar-refractivity contribution >= 4 is 28.9 Å². The third-order valence-electron chi connectivity index (χ3n) is 4.96. The summed E-state index contributed by atoms with van der Waals surface area (Å²) in [6.45, 7) is 2.91. The van der Waals surface area contributed by atoms with Crippen LogP contribution in [0.1, 0.15) is 10.4 Å². The zero-order valence-electron chi connectivity index (χ0n) is 16.3. The van der Waals surface area contributed by atoms with Gasteiger partial charge in [0.15, 0.2) is 11.6 Å². The lowest BCUT2D eigenvalue weighted by Gasteiger charge is -2.37. The summed E-state index contributed by atoms with van der Waals surface area (Å²) in [5, 5.41) is 0. The normalized spacial score (nSPS) is 13.8. The number of nitrogens with one attached hydrogen (secondary N) is 2. The summed E-state index contributed by atoms with van der Waals surface area (Å²) in [5.41, 5.74) is 13.5. The van der Waals surface area contributed by atoms with Gasteiger partial charge in [-0.1, -0.05) is 18.2 Å². The summed E-state index contributed by atoms with van der Waals surface area (Å²) in [5.74, 6) is 0.416. The molecule has 9 heteroatoms. The molecule has 4 rings (SSSR count). The van der Waals surface area contributed by atoms with Crippen molar-refractivity contribution in [3.63, 3.8) is 0 Å². The van der Waals surface area contributed by atoms with Crippen LogP contribution in [0.5, 0.6) is 0 Å². The molecule has 1 aromatic heterocycles. The first-order valence-corrected chi connectivity index (χ1v) is 9.59. The lowest BCUT2D eigenvalue weighted by Crippen LogP contribution is -2.47. The van der Waals surface area contributed by atoms with Gasteiger partial charge in [0.1, 0.15) is 17.8 Å². The molecule has 1 fully saturated rings. The highest BCUT2D eigenvalue weighted by atomic mass is 19.1. The summed E-state index contributed by atoms with van der Waals surface area (Å²) in [7, 11) is 0. The van der Waals surface area contributed by atoms with E-state index in [0.29, 0.717) is 36.0 Å². The molecule has 0 atom stereocenters. The van der Waals surface area contributed by atoms with E-state index in [1.165, 1.54) is 18.5 Å². The lowest BCUT2D eigenvalue weighted by molar-refractivity contribution is 0.0962. The van der Waals surface area contributed by atoms with Gasteiger partial charge < -0.3 is 15.5 Å². The molecule has 30 heavy (non-hydrogen) atoms. The second-order valence-corrected chi connectivity index (χ2v) is 6.86. The molecule has 0 bridgehead atoms. The molecule has 0 spiro atoms. The molecule has 8 nitrogen and oxygen atoms in total. The van der Waals surface area contributed by atoms with Crippen molar-refractivity contribution in [3.8, 4) is 0 Å². The number of halogens is 1. The van der Waals surface area contributed by atoms with E-state index >= 15 is 0 Å². The number of anilines is 4. The number of nitrogens with two attached hydrogens (primary N) is 1. The van der Waals surface area contributed by atoms with Crippen molar-refractivity contribution in [2.24, 2.45) is 0 Å². The fourth-order valence-electron chi connectivity index (χ4n) is 3.34. The number of hydrogen-bond acceptors (Lipinski definition) is 7. The fourth-order valence-corrected chi connectivity index (χ4v) is 3.34. The molecule has 2 heterocycles. The first-order valence-electron chi connectivity index (χ1n) is 9.59. The second kappa shape index (κ2) is 8.64. The summed E-state index contributed by atoms with van der Waals surface area (Å²) >= 11 is 0. The second-order valence-electron chi connectivity index (χ2n) is 6.86. The van der Waals surface area contributed by atoms with Crippen LogP contribution in [0, 0.1) is 5.82 Å². The number of carbonyl (C=O) groups is 1. The third-order valence-corrected chi connectivity index (χ3v) is 4.96. The summed E-state index contributed by atoms with van der Waals surface area (Å²) < 4.78 is 13.1. The van der Waals surface area contributed by atoms with Crippen molar-refractivity contribution in [1.29, 1.82) is 0 Å². The molecule has 1 aliphatic rings. The predicted octanol–water partition coefficient (Wildman–Crippen LogP) is 2.28. The molecule has 0 aliphatic carbocycles. The van der Waals surface area contributed by atoms with Crippen LogP contribution < -0.4 is 26.4 Å². The van der Waals surface area contributed by atoms with Crippen molar-refractivity contribution in [2.45, 2.75) is 0 Å². The molecule has 0 unspecified atom stereocenters. The van der Waals surface area contributed by atoms with Crippen LogP contribution in [0.15, 0.2) is 60.9 Å². The van der Waals surface area contributed by atoms with Crippen molar-refractivity contribution in [2.75, 3.05) is 47.1 Å². The van der Waals surface area contributed by atoms with E-state index in [0.717, 1.165) is 18.8 Å². The van der Waals surface area contributed by atoms with E-state index in [2.05, 4.69) is 30.6 Å². The van der Waals surface area contributed by atoms with Crippen LogP contribution >= 0.6 is 0 Å². The standard InChI is InChI=1S/C21H22FN7O/c22-16-6-8-17(9-7-16)28-10-12-29(13-11-28)20-18(23)19(24-14-25-20)26-27-21(30)15-4-2-1-3-5-15/h1-9,14H,10-13,23H2,(H,27,30)(H,24,25,26). The van der Waals surface area contributed by atoms with E-state index in [4.69, 9.17) is 5.73 Å². The van der Waals surface area contributed by atoms with Gasteiger partial charge in [-0.15, -0.1) is 0 Å². The number of carbonyl (C=O) groups excluding carboxylic acids is 1. The first-order chi connectivity index (χ1) is 14.6. The van der Waals surface area contributed by atoms with Crippen LogP contribution in [0.3, 0.4) is 0 Å². The van der Waals surface area contributed by atoms with Gasteiger partial charge in [-0.25, -0.2) is 14.4 Å². The summed E-state index contributed by atoms with van der Waals surface area (Å²) in [4.78, 5) is 24.9. The zero-order valence-corrected chi connectivity index (χ0v) is 16.3. The largest absolute Gasteiger partial charge is 0.393 e. The van der Waals surface area contributed by atoms with Gasteiger partial charge in [0.05, 0.1) is 0 Å². The van der Waals surface area contributed by atoms with Crippen LogP contribution in [0.2, 0.25) is 0 Å². The van der Waals surface area contributed by atoms with E-state index < -0.39 is 0 Å². The molecule has 4 N–H and O–H groups in total. The maximum atomic E-state index is 13.1. The van der Waals surface area contributed by atoms with Gasteiger partial charge in [-0.05, 0) is 36.4 Å². The summed E-state index contributed by atoms with van der Waals surface area (Å²) in [6, 6.07) is 15.3. The van der Waals surface area contributed by atoms with Crippen molar-refractivity contribution < 1.29 is 9.18 Å². The molecular weight excluding hydrogens is 385 g/mol. The number of amides is 1. The zero-order chi connectivity index (χ0) is 20.9. The number of benzene rings is 2. The Morgan fingerprint density at radius 2 is 1.60 bits per heavy atom. The SMILES string of the molecule is Nc1c(NNC(=O)c2ccccc2)ncnc1N1CCN(c2ccc(F)cc2)CC1. The van der Waals surface area contributed by atoms with Gasteiger partial charge in [-0.2, -0.15) is 0 Å². The minimum atomic E-state index is -0.289. The van der Waals surface area contributed by atoms with Gasteiger partial charge in [-0.3, -0.25) is 15.6 Å². The van der Waals surface area contributed by atoms with Crippen LogP contribution in [-0.2, 0) is 0 Å². The Morgan fingerprint density at radius 3 is 2.30 bits per heavy atom. The van der Waals surface area contributed by atoms with Crippen LogP contribution in [0.25, 0.3) is 0 Å². The average Bonchev–Trinajstić information content (AvgIpc) is 2.79. The highest BCUT2D eigenvalue weighted by Crippen LogP contribution is 2.27. The van der Waals surface area contributed by atoms with Crippen LogP contribution in [0.4, 0.5) is 27.4 Å². The monoisotopic (exact) mass is 407 g/mol. The highest BCUT2D eigenvalue weighted by Gasteiger charge is 2.21. The number of piperazine rings is 1. The Hall–Kier alpha value is -3.88. The van der Waals surface area contributed by atoms with Crippen molar-refractivity contribution in [1.82, 2.24) is 15.4 Å². The Morgan fingerprint density at radius 1 is 0.933 bits per heavy atom. The summed E-state index contributed by atoms with van der Waals surface area (Å²) in [6.07, 6.45) is 1.41. The van der Waals surface area contributed by atoms with E-state index in [9.17, 15) is 9.18 Å². The number of nitrogens with zero attached hydrogens (tertiary/aromatic N) is 4. The smallest absolute Gasteiger partial charge is 0.269 e. The minimum Gasteiger partial charge on any atom is -0.393 e. The molecule has 0 radical (unpaired) electrons. The number of hydrazine groups is 1. The molecule has 1 aliphatic heterocycles. The van der Waals surface area contributed by atoms with Crippen molar-refractivity contribution in [3.05, 3.63) is 72.3 Å². The Balaban J connectivity index is 1.39. The highest BCUT2D eigenvalue weighted by molar-refractivity contribution is 5.95. The number of hydrogen-bond donors (Lipinski definition) is 3. The Labute approximate surface area is 173 Å². The van der Waals surface area contributed by atoms with E-state index in [1.54, 1.807) is 36.4 Å². The topological polar surface area (TPSA) is 99.4 Å². The quantitative estimate of drug-likeness (QED) is 0.558. The molecule has 3 aromatic rings. The first kappa shape index (κ1) is 19.4. The maximum Gasteiger partial charge on any atom is 0.269 e. The number of aromatic nitrogens is 2. The Kier molecular flexibility index (Phi) is 5.60. The predicted molar refractivity (Wildman–Crippen MR) is 115 cm³/mol. The number of nitrogen functional groups attached to an aromatic ring is 1. The van der Waals surface area contributed by atoms with E-state index in [-0.39, 0.29) is 11.7 Å². The average molecular weight is 407 g/mol. The van der Waals surface area contributed by atoms with Gasteiger partial charge in [0.2, 0.25) is 0 Å². The molecule has 154 valence electrons. The van der Waals surface area contributed by atoms with Crippen LogP contribution in [-0.4, -0.2) is 42.1 Å².